The van der Waals surface area contributed by atoms with Gasteiger partial charge in [0.05, 0.1) is 12.6 Å². The van der Waals surface area contributed by atoms with E-state index in [4.69, 9.17) is 21.1 Å². The number of amides is 1. The number of rotatable bonds is 6. The highest BCUT2D eigenvalue weighted by atomic mass is 16.4. The lowest BCUT2D eigenvalue weighted by Crippen LogP contribution is -2.45. The summed E-state index contributed by atoms with van der Waals surface area (Å²) >= 11 is 0. The normalized spacial score (nSPS) is 13.5. The minimum Gasteiger partial charge on any atom is -0.504 e. The fourth-order valence-corrected chi connectivity index (χ4v) is 1.46. The van der Waals surface area contributed by atoms with Crippen molar-refractivity contribution in [2.45, 2.75) is 18.6 Å². The number of aromatic hydroxyl groups is 2. The number of nitrogens with two attached hydrogens (primary N) is 1. The van der Waals surface area contributed by atoms with Gasteiger partial charge in [-0.15, -0.1) is 0 Å². The number of phenols is 2. The number of hydrogen-bond donors (Lipinski definition) is 6. The second-order valence-corrected chi connectivity index (χ2v) is 4.23. The lowest BCUT2D eigenvalue weighted by molar-refractivity contribution is -0.146. The van der Waals surface area contributed by atoms with E-state index in [1.165, 1.54) is 18.2 Å². The molecule has 0 radical (unpaired) electrons. The maximum atomic E-state index is 11.6. The Hall–Kier alpha value is -2.32. The lowest BCUT2D eigenvalue weighted by atomic mass is 10.1. The van der Waals surface area contributed by atoms with E-state index >= 15 is 0 Å². The molecule has 0 spiro atoms. The van der Waals surface area contributed by atoms with Gasteiger partial charge in [0.15, 0.2) is 17.6 Å². The first-order chi connectivity index (χ1) is 9.31. The van der Waals surface area contributed by atoms with Gasteiger partial charge in [0.2, 0.25) is 5.91 Å². The van der Waals surface area contributed by atoms with Crippen molar-refractivity contribution in [3.05, 3.63) is 23.8 Å². The summed E-state index contributed by atoms with van der Waals surface area (Å²) < 4.78 is 0. The smallest absolute Gasteiger partial charge is 0.334 e. The molecule has 20 heavy (non-hydrogen) atoms. The maximum Gasteiger partial charge on any atom is 0.334 e. The Morgan fingerprint density at radius 1 is 1.25 bits per heavy atom. The van der Waals surface area contributed by atoms with Crippen LogP contribution in [0.25, 0.3) is 0 Å². The minimum absolute atomic E-state index is 0.0862. The molecular formula is C12H16N2O6. The molecule has 0 unspecified atom stereocenters. The highest BCUT2D eigenvalue weighted by Gasteiger charge is 2.18. The first-order valence-corrected chi connectivity index (χ1v) is 5.76. The van der Waals surface area contributed by atoms with Gasteiger partial charge in [-0.1, -0.05) is 6.07 Å². The van der Waals surface area contributed by atoms with E-state index in [0.29, 0.717) is 5.56 Å². The van der Waals surface area contributed by atoms with Crippen molar-refractivity contribution in [2.75, 3.05) is 6.54 Å². The number of aliphatic hydroxyl groups excluding tert-OH is 1. The molecule has 0 bridgehead atoms. The molecule has 0 aliphatic rings. The van der Waals surface area contributed by atoms with E-state index in [-0.39, 0.29) is 17.9 Å². The predicted octanol–water partition coefficient (Wildman–Crippen LogP) is -1.47. The second-order valence-electron chi connectivity index (χ2n) is 4.23. The van der Waals surface area contributed by atoms with Crippen LogP contribution in [0.1, 0.15) is 5.56 Å². The number of hydrogen-bond acceptors (Lipinski definition) is 6. The fourth-order valence-electron chi connectivity index (χ4n) is 1.46. The summed E-state index contributed by atoms with van der Waals surface area (Å²) in [7, 11) is 0. The van der Waals surface area contributed by atoms with Gasteiger partial charge in [0, 0.05) is 0 Å². The molecular weight excluding hydrogens is 268 g/mol. The zero-order valence-corrected chi connectivity index (χ0v) is 10.5. The van der Waals surface area contributed by atoms with Gasteiger partial charge in [-0.25, -0.2) is 4.79 Å². The predicted molar refractivity (Wildman–Crippen MR) is 68.1 cm³/mol. The maximum absolute atomic E-state index is 11.6. The molecule has 1 rings (SSSR count). The van der Waals surface area contributed by atoms with Gasteiger partial charge < -0.3 is 31.5 Å². The summed E-state index contributed by atoms with van der Waals surface area (Å²) in [5, 5.41) is 38.1. The number of carbonyl (C=O) groups excluding carboxylic acids is 1. The third kappa shape index (κ3) is 4.41. The number of aliphatic carboxylic acids is 1. The van der Waals surface area contributed by atoms with E-state index in [1.54, 1.807) is 0 Å². The SMILES string of the molecule is N[C@@H](Cc1ccc(O)c(O)c1)C(=O)NC[C@H](O)C(=O)O. The molecule has 0 aliphatic heterocycles. The third-order valence-electron chi connectivity index (χ3n) is 2.59. The van der Waals surface area contributed by atoms with Crippen LogP contribution in [0.15, 0.2) is 18.2 Å². The molecule has 0 heterocycles. The van der Waals surface area contributed by atoms with E-state index in [0.717, 1.165) is 0 Å². The van der Waals surface area contributed by atoms with Gasteiger partial charge in [0.25, 0.3) is 0 Å². The van der Waals surface area contributed by atoms with Crippen molar-refractivity contribution >= 4 is 11.9 Å². The van der Waals surface area contributed by atoms with Crippen LogP contribution in [0, 0.1) is 0 Å². The summed E-state index contributed by atoms with van der Waals surface area (Å²) in [4.78, 5) is 21.9. The van der Waals surface area contributed by atoms with Crippen molar-refractivity contribution in [1.29, 1.82) is 0 Å². The Kier molecular flexibility index (Phi) is 5.30. The lowest BCUT2D eigenvalue weighted by Gasteiger charge is -2.13. The van der Waals surface area contributed by atoms with Crippen LogP contribution in [0.5, 0.6) is 11.5 Å². The number of benzene rings is 1. The zero-order valence-electron chi connectivity index (χ0n) is 10.5. The molecule has 7 N–H and O–H groups in total. The van der Waals surface area contributed by atoms with Crippen LogP contribution in [-0.2, 0) is 16.0 Å². The van der Waals surface area contributed by atoms with Crippen LogP contribution >= 0.6 is 0 Å². The highest BCUT2D eigenvalue weighted by molar-refractivity contribution is 5.82. The Labute approximate surface area is 114 Å². The van der Waals surface area contributed by atoms with Crippen LogP contribution < -0.4 is 11.1 Å². The molecule has 1 aromatic carbocycles. The molecule has 1 aromatic rings. The fraction of sp³-hybridized carbons (Fsp3) is 0.333. The Morgan fingerprint density at radius 2 is 1.90 bits per heavy atom. The quantitative estimate of drug-likeness (QED) is 0.348. The van der Waals surface area contributed by atoms with Crippen LogP contribution in [0.3, 0.4) is 0 Å². The molecule has 0 saturated heterocycles. The summed E-state index contributed by atoms with van der Waals surface area (Å²) in [6.45, 7) is -0.442. The molecule has 2 atom stereocenters. The summed E-state index contributed by atoms with van der Waals surface area (Å²) in [5.74, 6) is -2.67. The standard InChI is InChI=1S/C12H16N2O6/c13-7(11(18)14-5-10(17)12(19)20)3-6-1-2-8(15)9(16)4-6/h1-2,4,7,10,15-17H,3,5,13H2,(H,14,18)(H,19,20)/t7-,10-/m0/s1. The average molecular weight is 284 g/mol. The first kappa shape index (κ1) is 15.7. The van der Waals surface area contributed by atoms with Crippen LogP contribution in [-0.4, -0.2) is 51.0 Å². The van der Waals surface area contributed by atoms with E-state index < -0.39 is 30.6 Å². The summed E-state index contributed by atoms with van der Waals surface area (Å²) in [6, 6.07) is 3.06. The molecule has 110 valence electrons. The first-order valence-electron chi connectivity index (χ1n) is 5.76. The van der Waals surface area contributed by atoms with Gasteiger partial charge in [-0.3, -0.25) is 4.79 Å². The molecule has 8 heteroatoms. The van der Waals surface area contributed by atoms with Crippen molar-refractivity contribution < 1.29 is 30.0 Å². The van der Waals surface area contributed by atoms with Crippen LogP contribution in [0.4, 0.5) is 0 Å². The summed E-state index contributed by atoms with van der Waals surface area (Å²) in [6.07, 6.45) is -1.60. The monoisotopic (exact) mass is 284 g/mol. The number of carboxylic acids is 1. The van der Waals surface area contributed by atoms with Crippen molar-refractivity contribution in [1.82, 2.24) is 5.32 Å². The van der Waals surface area contributed by atoms with Gasteiger partial charge in [0.1, 0.15) is 0 Å². The van der Waals surface area contributed by atoms with Crippen LogP contribution in [0.2, 0.25) is 0 Å². The number of aliphatic hydroxyl groups is 1. The third-order valence-corrected chi connectivity index (χ3v) is 2.59. The molecule has 8 nitrogen and oxygen atoms in total. The zero-order chi connectivity index (χ0) is 15.3. The number of nitrogens with one attached hydrogen (secondary N) is 1. The molecule has 0 aliphatic carbocycles. The van der Waals surface area contributed by atoms with Gasteiger partial charge in [-0.2, -0.15) is 0 Å². The number of phenolic OH excluding ortho intramolecular Hbond substituents is 2. The summed E-state index contributed by atoms with van der Waals surface area (Å²) in [5.41, 5.74) is 6.14. The largest absolute Gasteiger partial charge is 0.504 e. The van der Waals surface area contributed by atoms with Gasteiger partial charge >= 0.3 is 5.97 Å². The van der Waals surface area contributed by atoms with Gasteiger partial charge in [-0.05, 0) is 24.1 Å². The molecule has 1 amide bonds. The Morgan fingerprint density at radius 3 is 2.45 bits per heavy atom. The topological polar surface area (TPSA) is 153 Å². The van der Waals surface area contributed by atoms with E-state index in [9.17, 15) is 14.7 Å². The van der Waals surface area contributed by atoms with Crippen molar-refractivity contribution in [3.63, 3.8) is 0 Å². The Balaban J connectivity index is 2.53. The van der Waals surface area contributed by atoms with E-state index in [1.807, 2.05) is 0 Å². The molecule has 0 aromatic heterocycles. The Bertz CT molecular complexity index is 505. The van der Waals surface area contributed by atoms with Crippen molar-refractivity contribution in [3.8, 4) is 11.5 Å². The van der Waals surface area contributed by atoms with Crippen molar-refractivity contribution in [2.24, 2.45) is 5.73 Å². The molecule has 0 fully saturated rings. The second kappa shape index (κ2) is 6.73. The average Bonchev–Trinajstić information content (AvgIpc) is 2.39. The number of carboxylic acid groups (broad SMARTS) is 1. The highest BCUT2D eigenvalue weighted by Crippen LogP contribution is 2.25. The van der Waals surface area contributed by atoms with E-state index in [2.05, 4.69) is 5.32 Å². The molecule has 0 saturated carbocycles. The number of carbonyl (C=O) groups is 2. The minimum atomic E-state index is -1.69.